The van der Waals surface area contributed by atoms with Gasteiger partial charge in [-0.3, -0.25) is 0 Å². The third-order valence-electron chi connectivity index (χ3n) is 3.00. The second-order valence-corrected chi connectivity index (χ2v) is 5.05. The molecular weight excluding hydrogens is 246 g/mol. The first-order valence-electron chi connectivity index (χ1n) is 6.11. The molecule has 0 amide bonds. The third-order valence-corrected chi connectivity index (χ3v) is 3.35. The Labute approximate surface area is 113 Å². The van der Waals surface area contributed by atoms with Crippen LogP contribution in [0, 0.1) is 13.8 Å². The minimum Gasteiger partial charge on any atom is -0.465 e. The van der Waals surface area contributed by atoms with E-state index in [-0.39, 0.29) is 6.04 Å². The van der Waals surface area contributed by atoms with E-state index in [0.29, 0.717) is 0 Å². The highest BCUT2D eigenvalue weighted by atomic mass is 35.5. The maximum Gasteiger partial charge on any atom is 0.120 e. The number of benzene rings is 1. The van der Waals surface area contributed by atoms with Crippen LogP contribution in [0.15, 0.2) is 34.7 Å². The predicted molar refractivity (Wildman–Crippen MR) is 74.9 cm³/mol. The quantitative estimate of drug-likeness (QED) is 0.884. The fourth-order valence-electron chi connectivity index (χ4n) is 1.85. The number of furan rings is 1. The summed E-state index contributed by atoms with van der Waals surface area (Å²) in [5, 5.41) is 4.22. The number of rotatable bonds is 4. The molecule has 1 heterocycles. The fraction of sp³-hybridized carbons (Fsp3) is 0.333. The molecule has 0 radical (unpaired) electrons. The molecule has 0 fully saturated rings. The molecule has 2 nitrogen and oxygen atoms in total. The number of hydrogen-bond acceptors (Lipinski definition) is 2. The van der Waals surface area contributed by atoms with Crippen molar-refractivity contribution in [2.45, 2.75) is 33.4 Å². The lowest BCUT2D eigenvalue weighted by molar-refractivity contribution is 0.416. The summed E-state index contributed by atoms with van der Waals surface area (Å²) in [6, 6.07) is 10.3. The van der Waals surface area contributed by atoms with E-state index in [1.807, 2.05) is 32.0 Å². The average Bonchev–Trinajstić information content (AvgIpc) is 2.74. The van der Waals surface area contributed by atoms with Gasteiger partial charge < -0.3 is 9.73 Å². The molecular formula is C15H18ClNO. The molecule has 0 aliphatic heterocycles. The topological polar surface area (TPSA) is 25.2 Å². The van der Waals surface area contributed by atoms with Crippen molar-refractivity contribution >= 4 is 11.6 Å². The van der Waals surface area contributed by atoms with Crippen molar-refractivity contribution in [2.24, 2.45) is 0 Å². The first-order valence-corrected chi connectivity index (χ1v) is 6.49. The van der Waals surface area contributed by atoms with E-state index in [1.54, 1.807) is 0 Å². The Morgan fingerprint density at radius 1 is 1.22 bits per heavy atom. The van der Waals surface area contributed by atoms with Gasteiger partial charge in [0, 0.05) is 11.6 Å². The van der Waals surface area contributed by atoms with Crippen LogP contribution in [0.3, 0.4) is 0 Å². The number of aryl methyl sites for hydroxylation is 2. The van der Waals surface area contributed by atoms with Crippen LogP contribution in [-0.4, -0.2) is 0 Å². The smallest absolute Gasteiger partial charge is 0.120 e. The van der Waals surface area contributed by atoms with Crippen molar-refractivity contribution in [3.05, 3.63) is 58.0 Å². The highest BCUT2D eigenvalue weighted by molar-refractivity contribution is 6.31. The van der Waals surface area contributed by atoms with Gasteiger partial charge in [0.2, 0.25) is 0 Å². The molecule has 96 valence electrons. The Bertz CT molecular complexity index is 533. The van der Waals surface area contributed by atoms with Crippen LogP contribution < -0.4 is 5.32 Å². The summed E-state index contributed by atoms with van der Waals surface area (Å²) in [5.74, 6) is 1.89. The monoisotopic (exact) mass is 263 g/mol. The van der Waals surface area contributed by atoms with Crippen LogP contribution in [0.5, 0.6) is 0 Å². The normalized spacial score (nSPS) is 12.7. The van der Waals surface area contributed by atoms with Crippen LogP contribution in [-0.2, 0) is 6.54 Å². The molecule has 0 saturated carbocycles. The molecule has 0 bridgehead atoms. The molecule has 1 aromatic carbocycles. The van der Waals surface area contributed by atoms with Crippen LogP contribution >= 0.6 is 11.6 Å². The largest absolute Gasteiger partial charge is 0.465 e. The Balaban J connectivity index is 1.99. The lowest BCUT2D eigenvalue weighted by Crippen LogP contribution is -2.17. The van der Waals surface area contributed by atoms with Crippen molar-refractivity contribution in [3.8, 4) is 0 Å². The summed E-state index contributed by atoms with van der Waals surface area (Å²) in [5.41, 5.74) is 2.29. The minimum atomic E-state index is 0.177. The van der Waals surface area contributed by atoms with Crippen LogP contribution in [0.1, 0.15) is 35.6 Å². The van der Waals surface area contributed by atoms with Gasteiger partial charge in [-0.1, -0.05) is 23.7 Å². The summed E-state index contributed by atoms with van der Waals surface area (Å²) in [6.07, 6.45) is 0. The summed E-state index contributed by atoms with van der Waals surface area (Å²) in [4.78, 5) is 0. The van der Waals surface area contributed by atoms with E-state index in [9.17, 15) is 0 Å². The minimum absolute atomic E-state index is 0.177. The van der Waals surface area contributed by atoms with Gasteiger partial charge in [0.25, 0.3) is 0 Å². The van der Waals surface area contributed by atoms with E-state index in [4.69, 9.17) is 16.0 Å². The Morgan fingerprint density at radius 3 is 2.61 bits per heavy atom. The first kappa shape index (κ1) is 13.2. The first-order chi connectivity index (χ1) is 8.56. The van der Waals surface area contributed by atoms with Gasteiger partial charge in [0.05, 0.1) is 6.04 Å². The van der Waals surface area contributed by atoms with Crippen LogP contribution in [0.4, 0.5) is 0 Å². The van der Waals surface area contributed by atoms with Crippen LogP contribution in [0.2, 0.25) is 5.02 Å². The van der Waals surface area contributed by atoms with Gasteiger partial charge in [0.15, 0.2) is 0 Å². The second-order valence-electron chi connectivity index (χ2n) is 4.65. The standard InChI is InChI=1S/C15H18ClNO/c1-10-4-6-13(14(16)8-10)9-17-12(3)15-7-5-11(2)18-15/h4-8,12,17H,9H2,1-3H3. The van der Waals surface area contributed by atoms with E-state index < -0.39 is 0 Å². The highest BCUT2D eigenvalue weighted by Crippen LogP contribution is 2.20. The number of hydrogen-bond donors (Lipinski definition) is 1. The third kappa shape index (κ3) is 3.15. The molecule has 0 aliphatic rings. The lowest BCUT2D eigenvalue weighted by atomic mass is 10.1. The lowest BCUT2D eigenvalue weighted by Gasteiger charge is -2.12. The zero-order valence-electron chi connectivity index (χ0n) is 11.0. The maximum atomic E-state index is 6.20. The van der Waals surface area contributed by atoms with Crippen molar-refractivity contribution in [1.82, 2.24) is 5.32 Å². The summed E-state index contributed by atoms with van der Waals surface area (Å²) >= 11 is 6.20. The van der Waals surface area contributed by atoms with Crippen molar-refractivity contribution < 1.29 is 4.42 Å². The Hall–Kier alpha value is -1.25. The van der Waals surface area contributed by atoms with Crippen LogP contribution in [0.25, 0.3) is 0 Å². The predicted octanol–water partition coefficient (Wildman–Crippen LogP) is 4.40. The maximum absolute atomic E-state index is 6.20. The van der Waals surface area contributed by atoms with Gasteiger partial charge in [-0.25, -0.2) is 0 Å². The molecule has 18 heavy (non-hydrogen) atoms. The van der Waals surface area contributed by atoms with E-state index in [0.717, 1.165) is 28.7 Å². The van der Waals surface area contributed by atoms with Gasteiger partial charge in [-0.05, 0) is 50.1 Å². The van der Waals surface area contributed by atoms with E-state index in [2.05, 4.69) is 24.4 Å². The molecule has 1 aromatic heterocycles. The van der Waals surface area contributed by atoms with Crippen molar-refractivity contribution in [1.29, 1.82) is 0 Å². The SMILES string of the molecule is Cc1ccc(CNC(C)c2ccc(C)o2)c(Cl)c1. The fourth-order valence-corrected chi connectivity index (χ4v) is 2.15. The number of halogens is 1. The number of nitrogens with one attached hydrogen (secondary N) is 1. The molecule has 1 atom stereocenters. The zero-order valence-corrected chi connectivity index (χ0v) is 11.7. The zero-order chi connectivity index (χ0) is 13.1. The Morgan fingerprint density at radius 2 is 2.00 bits per heavy atom. The molecule has 1 N–H and O–H groups in total. The molecule has 0 aliphatic carbocycles. The highest BCUT2D eigenvalue weighted by Gasteiger charge is 2.09. The summed E-state index contributed by atoms with van der Waals surface area (Å²) in [7, 11) is 0. The molecule has 1 unspecified atom stereocenters. The van der Waals surface area contributed by atoms with Gasteiger partial charge >= 0.3 is 0 Å². The van der Waals surface area contributed by atoms with E-state index >= 15 is 0 Å². The molecule has 0 saturated heterocycles. The van der Waals surface area contributed by atoms with Crippen molar-refractivity contribution in [2.75, 3.05) is 0 Å². The summed E-state index contributed by atoms with van der Waals surface area (Å²) < 4.78 is 5.59. The van der Waals surface area contributed by atoms with E-state index in [1.165, 1.54) is 5.56 Å². The van der Waals surface area contributed by atoms with Gasteiger partial charge in [-0.15, -0.1) is 0 Å². The van der Waals surface area contributed by atoms with Gasteiger partial charge in [-0.2, -0.15) is 0 Å². The molecule has 2 rings (SSSR count). The Kier molecular flexibility index (Phi) is 4.10. The molecule has 2 aromatic rings. The second kappa shape index (κ2) is 5.59. The van der Waals surface area contributed by atoms with Crippen molar-refractivity contribution in [3.63, 3.8) is 0 Å². The summed E-state index contributed by atoms with van der Waals surface area (Å²) in [6.45, 7) is 6.81. The molecule has 0 spiro atoms. The average molecular weight is 264 g/mol. The van der Waals surface area contributed by atoms with Gasteiger partial charge in [0.1, 0.15) is 11.5 Å². The molecule has 3 heteroatoms.